The highest BCUT2D eigenvalue weighted by Crippen LogP contribution is 2.29. The van der Waals surface area contributed by atoms with E-state index in [-0.39, 0.29) is 5.91 Å². The Morgan fingerprint density at radius 3 is 2.52 bits per heavy atom. The number of benzene rings is 1. The van der Waals surface area contributed by atoms with Crippen LogP contribution in [0.2, 0.25) is 0 Å². The Balaban J connectivity index is 1.60. The third-order valence-electron chi connectivity index (χ3n) is 5.05. The number of aryl methyl sites for hydroxylation is 1. The maximum atomic E-state index is 13.8. The molecule has 0 fully saturated rings. The zero-order valence-corrected chi connectivity index (χ0v) is 16.8. The lowest BCUT2D eigenvalue weighted by Gasteiger charge is -2.22. The highest BCUT2D eigenvalue weighted by atomic mass is 16.5. The predicted molar refractivity (Wildman–Crippen MR) is 113 cm³/mol. The molecule has 0 saturated carbocycles. The van der Waals surface area contributed by atoms with E-state index >= 15 is 0 Å². The van der Waals surface area contributed by atoms with E-state index in [0.717, 1.165) is 5.56 Å². The summed E-state index contributed by atoms with van der Waals surface area (Å²) in [5.74, 6) is 1.07. The summed E-state index contributed by atoms with van der Waals surface area (Å²) in [7, 11) is 0. The molecule has 154 valence electrons. The Labute approximate surface area is 177 Å². The van der Waals surface area contributed by atoms with E-state index in [9.17, 15) is 4.79 Å². The fraction of sp³-hybridized carbons (Fsp3) is 0.125. The lowest BCUT2D eigenvalue weighted by Crippen LogP contribution is -2.30. The van der Waals surface area contributed by atoms with Crippen molar-refractivity contribution in [2.45, 2.75) is 20.0 Å². The number of furan rings is 2. The van der Waals surface area contributed by atoms with Crippen molar-refractivity contribution >= 4 is 17.0 Å². The minimum Gasteiger partial charge on any atom is -0.467 e. The second-order valence-electron chi connectivity index (χ2n) is 7.21. The number of hydrogen-bond donors (Lipinski definition) is 0. The number of rotatable bonds is 6. The number of carbonyl (C=O) groups excluding carboxylic acids is 1. The summed E-state index contributed by atoms with van der Waals surface area (Å²) in [6.07, 6.45) is 3.16. The van der Waals surface area contributed by atoms with Gasteiger partial charge in [-0.15, -0.1) is 0 Å². The molecule has 0 aliphatic carbocycles. The summed E-state index contributed by atoms with van der Waals surface area (Å²) >= 11 is 0. The molecule has 7 nitrogen and oxygen atoms in total. The molecule has 1 aromatic carbocycles. The van der Waals surface area contributed by atoms with Gasteiger partial charge in [0.25, 0.3) is 11.6 Å². The van der Waals surface area contributed by atoms with Gasteiger partial charge in [-0.2, -0.15) is 0 Å². The molecule has 0 N–H and O–H groups in total. The molecule has 0 bridgehead atoms. The lowest BCUT2D eigenvalue weighted by molar-refractivity contribution is 0.0719. The fourth-order valence-electron chi connectivity index (χ4n) is 3.58. The van der Waals surface area contributed by atoms with Crippen LogP contribution in [-0.2, 0) is 13.1 Å². The average Bonchev–Trinajstić information content (AvgIpc) is 3.56. The maximum absolute atomic E-state index is 13.8. The molecule has 0 radical (unpaired) electrons. The van der Waals surface area contributed by atoms with Crippen LogP contribution in [0.5, 0.6) is 0 Å². The van der Waals surface area contributed by atoms with Crippen LogP contribution in [0.4, 0.5) is 0 Å². The zero-order valence-electron chi connectivity index (χ0n) is 16.8. The molecular formula is C24H19N3O4. The quantitative estimate of drug-likeness (QED) is 0.379. The van der Waals surface area contributed by atoms with Gasteiger partial charge in [-0.05, 0) is 42.8 Å². The smallest absolute Gasteiger partial charge is 0.259 e. The third-order valence-corrected chi connectivity index (χ3v) is 5.05. The first-order chi connectivity index (χ1) is 15.2. The van der Waals surface area contributed by atoms with Gasteiger partial charge in [-0.1, -0.05) is 35.5 Å². The van der Waals surface area contributed by atoms with Crippen LogP contribution in [0.15, 0.2) is 86.5 Å². The van der Waals surface area contributed by atoms with Crippen LogP contribution in [0.3, 0.4) is 0 Å². The Morgan fingerprint density at radius 2 is 1.77 bits per heavy atom. The number of aromatic nitrogens is 2. The van der Waals surface area contributed by atoms with Gasteiger partial charge in [0.2, 0.25) is 0 Å². The van der Waals surface area contributed by atoms with E-state index < -0.39 is 0 Å². The molecule has 7 heteroatoms. The predicted octanol–water partition coefficient (Wildman–Crippen LogP) is 5.23. The van der Waals surface area contributed by atoms with Crippen molar-refractivity contribution < 1.29 is 18.2 Å². The van der Waals surface area contributed by atoms with E-state index in [1.807, 2.05) is 42.5 Å². The van der Waals surface area contributed by atoms with Gasteiger partial charge in [0, 0.05) is 6.54 Å². The standard InChI is InChI=1S/C24H19N3O4/c1-16-22-19(13-20(21-10-6-12-30-21)25-23(22)31-26-16)24(28)27(15-18-9-5-11-29-18)14-17-7-3-2-4-8-17/h2-13H,14-15H2,1H3. The van der Waals surface area contributed by atoms with Crippen LogP contribution in [0.25, 0.3) is 22.6 Å². The summed E-state index contributed by atoms with van der Waals surface area (Å²) < 4.78 is 16.4. The van der Waals surface area contributed by atoms with Gasteiger partial charge in [0.1, 0.15) is 11.5 Å². The molecule has 1 amide bonds. The molecule has 0 unspecified atom stereocenters. The molecule has 5 rings (SSSR count). The molecule has 5 aromatic rings. The summed E-state index contributed by atoms with van der Waals surface area (Å²) in [6.45, 7) is 2.54. The molecule has 0 aliphatic rings. The van der Waals surface area contributed by atoms with Gasteiger partial charge in [-0.3, -0.25) is 4.79 Å². The largest absolute Gasteiger partial charge is 0.467 e. The first-order valence-electron chi connectivity index (χ1n) is 9.85. The number of fused-ring (bicyclic) bond motifs is 1. The first kappa shape index (κ1) is 18.9. The van der Waals surface area contributed by atoms with Crippen LogP contribution < -0.4 is 0 Å². The Bertz CT molecular complexity index is 1310. The molecule has 31 heavy (non-hydrogen) atoms. The minimum absolute atomic E-state index is 0.174. The van der Waals surface area contributed by atoms with Crippen LogP contribution in [0, 0.1) is 6.92 Å². The molecule has 4 heterocycles. The summed E-state index contributed by atoms with van der Waals surface area (Å²) in [6, 6.07) is 18.8. The number of nitrogens with zero attached hydrogens (tertiary/aromatic N) is 3. The van der Waals surface area contributed by atoms with Crippen molar-refractivity contribution in [3.05, 3.63) is 95.8 Å². The van der Waals surface area contributed by atoms with Crippen molar-refractivity contribution in [3.63, 3.8) is 0 Å². The Morgan fingerprint density at radius 1 is 0.968 bits per heavy atom. The summed E-state index contributed by atoms with van der Waals surface area (Å²) in [5.41, 5.74) is 2.88. The second-order valence-corrected chi connectivity index (χ2v) is 7.21. The summed E-state index contributed by atoms with van der Waals surface area (Å²) in [5, 5.41) is 4.62. The SMILES string of the molecule is Cc1noc2nc(-c3ccco3)cc(C(=O)N(Cc3ccccc3)Cc3ccco3)c12. The monoisotopic (exact) mass is 413 g/mol. The Hall–Kier alpha value is -4.13. The number of hydrogen-bond acceptors (Lipinski definition) is 6. The number of amides is 1. The van der Waals surface area contributed by atoms with Gasteiger partial charge in [-0.25, -0.2) is 4.98 Å². The van der Waals surface area contributed by atoms with Crippen molar-refractivity contribution in [2.75, 3.05) is 0 Å². The van der Waals surface area contributed by atoms with Gasteiger partial charge in [0.15, 0.2) is 5.76 Å². The van der Waals surface area contributed by atoms with Crippen molar-refractivity contribution in [2.24, 2.45) is 0 Å². The second kappa shape index (κ2) is 7.95. The van der Waals surface area contributed by atoms with Crippen molar-refractivity contribution in [1.29, 1.82) is 0 Å². The van der Waals surface area contributed by atoms with E-state index in [1.165, 1.54) is 0 Å². The molecule has 0 aliphatic heterocycles. The van der Waals surface area contributed by atoms with Crippen LogP contribution in [0.1, 0.15) is 27.4 Å². The van der Waals surface area contributed by atoms with Crippen LogP contribution >= 0.6 is 0 Å². The van der Waals surface area contributed by atoms with E-state index in [0.29, 0.717) is 52.7 Å². The lowest BCUT2D eigenvalue weighted by atomic mass is 10.1. The van der Waals surface area contributed by atoms with Gasteiger partial charge in [0.05, 0.1) is 35.7 Å². The molecular weight excluding hydrogens is 394 g/mol. The Kier molecular flexibility index (Phi) is 4.84. The normalized spacial score (nSPS) is 11.1. The zero-order chi connectivity index (χ0) is 21.2. The fourth-order valence-corrected chi connectivity index (χ4v) is 3.58. The van der Waals surface area contributed by atoms with Gasteiger partial charge < -0.3 is 18.3 Å². The van der Waals surface area contributed by atoms with Gasteiger partial charge >= 0.3 is 0 Å². The highest BCUT2D eigenvalue weighted by molar-refractivity contribution is 6.06. The molecule has 0 spiro atoms. The van der Waals surface area contributed by atoms with E-state index in [2.05, 4.69) is 10.1 Å². The molecule has 0 saturated heterocycles. The van der Waals surface area contributed by atoms with E-state index in [1.54, 1.807) is 42.5 Å². The van der Waals surface area contributed by atoms with Crippen LogP contribution in [-0.4, -0.2) is 20.9 Å². The van der Waals surface area contributed by atoms with E-state index in [4.69, 9.17) is 13.4 Å². The third kappa shape index (κ3) is 3.73. The molecule has 0 atom stereocenters. The number of carbonyl (C=O) groups is 1. The minimum atomic E-state index is -0.174. The summed E-state index contributed by atoms with van der Waals surface area (Å²) in [4.78, 5) is 20.0. The van der Waals surface area contributed by atoms with Crippen molar-refractivity contribution in [3.8, 4) is 11.5 Å². The molecule has 4 aromatic heterocycles. The first-order valence-corrected chi connectivity index (χ1v) is 9.85. The average molecular weight is 413 g/mol. The highest BCUT2D eigenvalue weighted by Gasteiger charge is 2.25. The maximum Gasteiger partial charge on any atom is 0.259 e. The van der Waals surface area contributed by atoms with Crippen molar-refractivity contribution in [1.82, 2.24) is 15.0 Å². The topological polar surface area (TPSA) is 85.5 Å². The number of pyridine rings is 1.